The second-order valence-corrected chi connectivity index (χ2v) is 5.99. The highest BCUT2D eigenvalue weighted by atomic mass is 35.5. The Bertz CT molecular complexity index is 565. The number of hydrogen-bond donors (Lipinski definition) is 1. The standard InChI is InChI=1S/C14H15ClFNS/c1-8-6-9(2)18-14(8)13(17-3)10-4-5-11(15)12(16)7-10/h4-7,13,17H,1-3H3. The smallest absolute Gasteiger partial charge is 0.142 e. The Labute approximate surface area is 116 Å². The molecule has 4 heteroatoms. The van der Waals surface area contributed by atoms with Crippen LogP contribution in [0.1, 0.15) is 26.9 Å². The number of hydrogen-bond acceptors (Lipinski definition) is 2. The summed E-state index contributed by atoms with van der Waals surface area (Å²) < 4.78 is 13.5. The molecule has 1 unspecified atom stereocenters. The summed E-state index contributed by atoms with van der Waals surface area (Å²) in [5.41, 5.74) is 2.12. The van der Waals surface area contributed by atoms with E-state index in [0.29, 0.717) is 0 Å². The summed E-state index contributed by atoms with van der Waals surface area (Å²) in [7, 11) is 1.88. The van der Waals surface area contributed by atoms with Crippen molar-refractivity contribution in [1.29, 1.82) is 0 Å². The Morgan fingerprint density at radius 2 is 2.00 bits per heavy atom. The van der Waals surface area contributed by atoms with Crippen LogP contribution in [0.3, 0.4) is 0 Å². The van der Waals surface area contributed by atoms with Crippen molar-refractivity contribution >= 4 is 22.9 Å². The van der Waals surface area contributed by atoms with Crippen molar-refractivity contribution in [3.8, 4) is 0 Å². The summed E-state index contributed by atoms with van der Waals surface area (Å²) in [6.07, 6.45) is 0. The molecule has 0 saturated carbocycles. The normalized spacial score (nSPS) is 12.7. The van der Waals surface area contributed by atoms with E-state index in [2.05, 4.69) is 25.2 Å². The molecule has 1 aromatic carbocycles. The van der Waals surface area contributed by atoms with Crippen molar-refractivity contribution < 1.29 is 4.39 Å². The van der Waals surface area contributed by atoms with Crippen LogP contribution in [0, 0.1) is 19.7 Å². The van der Waals surface area contributed by atoms with Crippen LogP contribution in [0.25, 0.3) is 0 Å². The maximum Gasteiger partial charge on any atom is 0.142 e. The average Bonchev–Trinajstić information content (AvgIpc) is 2.64. The molecule has 0 aliphatic heterocycles. The lowest BCUT2D eigenvalue weighted by molar-refractivity contribution is 0.618. The monoisotopic (exact) mass is 283 g/mol. The average molecular weight is 284 g/mol. The highest BCUT2D eigenvalue weighted by Gasteiger charge is 2.17. The molecular formula is C14H15ClFNS. The predicted octanol–water partition coefficient (Wildman–Crippen LogP) is 4.47. The Morgan fingerprint density at radius 3 is 2.50 bits per heavy atom. The Morgan fingerprint density at radius 1 is 1.28 bits per heavy atom. The molecule has 1 aromatic heterocycles. The van der Waals surface area contributed by atoms with E-state index in [0.717, 1.165) is 5.56 Å². The van der Waals surface area contributed by atoms with Gasteiger partial charge < -0.3 is 5.32 Å². The van der Waals surface area contributed by atoms with E-state index in [1.54, 1.807) is 17.4 Å². The fourth-order valence-electron chi connectivity index (χ4n) is 2.09. The Balaban J connectivity index is 2.45. The molecule has 0 aliphatic carbocycles. The quantitative estimate of drug-likeness (QED) is 0.876. The molecule has 2 aromatic rings. The van der Waals surface area contributed by atoms with Gasteiger partial charge in [-0.15, -0.1) is 11.3 Å². The first-order valence-electron chi connectivity index (χ1n) is 5.72. The van der Waals surface area contributed by atoms with Crippen LogP contribution in [-0.4, -0.2) is 7.05 Å². The highest BCUT2D eigenvalue weighted by molar-refractivity contribution is 7.12. The van der Waals surface area contributed by atoms with E-state index in [4.69, 9.17) is 11.6 Å². The van der Waals surface area contributed by atoms with Crippen molar-refractivity contribution in [2.45, 2.75) is 19.9 Å². The zero-order chi connectivity index (χ0) is 13.3. The van der Waals surface area contributed by atoms with Crippen LogP contribution in [0.15, 0.2) is 24.3 Å². The van der Waals surface area contributed by atoms with Crippen LogP contribution in [0.4, 0.5) is 4.39 Å². The highest BCUT2D eigenvalue weighted by Crippen LogP contribution is 2.32. The summed E-state index contributed by atoms with van der Waals surface area (Å²) in [4.78, 5) is 2.48. The number of benzene rings is 1. The van der Waals surface area contributed by atoms with E-state index in [1.165, 1.54) is 21.4 Å². The van der Waals surface area contributed by atoms with Crippen molar-refractivity contribution in [1.82, 2.24) is 5.32 Å². The van der Waals surface area contributed by atoms with Gasteiger partial charge in [-0.2, -0.15) is 0 Å². The summed E-state index contributed by atoms with van der Waals surface area (Å²) in [5, 5.41) is 3.40. The first-order valence-corrected chi connectivity index (χ1v) is 6.91. The summed E-state index contributed by atoms with van der Waals surface area (Å²) >= 11 is 7.45. The van der Waals surface area contributed by atoms with Gasteiger partial charge in [0.05, 0.1) is 11.1 Å². The minimum absolute atomic E-state index is 0.00969. The zero-order valence-electron chi connectivity index (χ0n) is 10.6. The number of rotatable bonds is 3. The van der Waals surface area contributed by atoms with Gasteiger partial charge in [-0.05, 0) is 50.2 Å². The molecule has 2 rings (SSSR count). The maximum absolute atomic E-state index is 13.5. The van der Waals surface area contributed by atoms with Gasteiger partial charge in [0.25, 0.3) is 0 Å². The second-order valence-electron chi connectivity index (χ2n) is 4.30. The first kappa shape index (κ1) is 13.5. The topological polar surface area (TPSA) is 12.0 Å². The lowest BCUT2D eigenvalue weighted by Crippen LogP contribution is -2.17. The minimum atomic E-state index is -0.375. The summed E-state index contributed by atoms with van der Waals surface area (Å²) in [5.74, 6) is -0.375. The summed E-state index contributed by atoms with van der Waals surface area (Å²) in [6.45, 7) is 4.16. The zero-order valence-corrected chi connectivity index (χ0v) is 12.1. The van der Waals surface area contributed by atoms with Crippen molar-refractivity contribution in [2.24, 2.45) is 0 Å². The van der Waals surface area contributed by atoms with Crippen LogP contribution in [-0.2, 0) is 0 Å². The molecule has 0 saturated heterocycles. The number of aryl methyl sites for hydroxylation is 2. The molecule has 0 bridgehead atoms. The van der Waals surface area contributed by atoms with Crippen LogP contribution in [0.2, 0.25) is 5.02 Å². The van der Waals surface area contributed by atoms with E-state index < -0.39 is 0 Å². The molecule has 0 radical (unpaired) electrons. The fourth-order valence-corrected chi connectivity index (χ4v) is 3.38. The van der Waals surface area contributed by atoms with Gasteiger partial charge in [0.1, 0.15) is 5.82 Å². The van der Waals surface area contributed by atoms with Crippen molar-refractivity contribution in [3.05, 3.63) is 56.0 Å². The fraction of sp³-hybridized carbons (Fsp3) is 0.286. The molecule has 18 heavy (non-hydrogen) atoms. The molecule has 0 aliphatic rings. The van der Waals surface area contributed by atoms with Crippen LogP contribution < -0.4 is 5.32 Å². The van der Waals surface area contributed by atoms with Gasteiger partial charge in [-0.1, -0.05) is 17.7 Å². The largest absolute Gasteiger partial charge is 0.309 e. The molecule has 96 valence electrons. The van der Waals surface area contributed by atoms with Crippen LogP contribution >= 0.6 is 22.9 Å². The molecule has 0 spiro atoms. The van der Waals surface area contributed by atoms with E-state index in [-0.39, 0.29) is 16.9 Å². The van der Waals surface area contributed by atoms with E-state index >= 15 is 0 Å². The molecule has 1 heterocycles. The van der Waals surface area contributed by atoms with E-state index in [1.807, 2.05) is 13.1 Å². The van der Waals surface area contributed by atoms with Gasteiger partial charge in [-0.3, -0.25) is 0 Å². The summed E-state index contributed by atoms with van der Waals surface area (Å²) in [6, 6.07) is 7.12. The maximum atomic E-state index is 13.5. The number of nitrogens with one attached hydrogen (secondary N) is 1. The van der Waals surface area contributed by atoms with Crippen molar-refractivity contribution in [2.75, 3.05) is 7.05 Å². The van der Waals surface area contributed by atoms with E-state index in [9.17, 15) is 4.39 Å². The van der Waals surface area contributed by atoms with Crippen LogP contribution in [0.5, 0.6) is 0 Å². The third-order valence-electron chi connectivity index (χ3n) is 2.91. The molecule has 1 N–H and O–H groups in total. The molecule has 1 atom stereocenters. The van der Waals surface area contributed by atoms with Gasteiger partial charge in [0, 0.05) is 9.75 Å². The minimum Gasteiger partial charge on any atom is -0.309 e. The van der Waals surface area contributed by atoms with Gasteiger partial charge in [0.2, 0.25) is 0 Å². The van der Waals surface area contributed by atoms with Gasteiger partial charge in [-0.25, -0.2) is 4.39 Å². The number of halogens is 2. The van der Waals surface area contributed by atoms with Gasteiger partial charge >= 0.3 is 0 Å². The predicted molar refractivity (Wildman–Crippen MR) is 76.1 cm³/mol. The Hall–Kier alpha value is -0.900. The lowest BCUT2D eigenvalue weighted by Gasteiger charge is -2.16. The Kier molecular flexibility index (Phi) is 4.05. The van der Waals surface area contributed by atoms with Gasteiger partial charge in [0.15, 0.2) is 0 Å². The third-order valence-corrected chi connectivity index (χ3v) is 4.43. The molecule has 1 nitrogen and oxygen atoms in total. The lowest BCUT2D eigenvalue weighted by atomic mass is 10.0. The molecule has 0 fully saturated rings. The molecule has 0 amide bonds. The first-order chi connectivity index (χ1) is 8.52. The van der Waals surface area contributed by atoms with Crippen molar-refractivity contribution in [3.63, 3.8) is 0 Å². The third kappa shape index (κ3) is 2.58. The molecular weight excluding hydrogens is 269 g/mol. The number of thiophene rings is 1. The SMILES string of the molecule is CNC(c1ccc(Cl)c(F)c1)c1sc(C)cc1C. The second kappa shape index (κ2) is 5.39.